The molecule has 0 aliphatic carbocycles. The van der Waals surface area contributed by atoms with E-state index in [4.69, 9.17) is 4.74 Å². The Morgan fingerprint density at radius 3 is 2.74 bits per heavy atom. The van der Waals surface area contributed by atoms with Gasteiger partial charge in [-0.1, -0.05) is 18.2 Å². The predicted molar refractivity (Wildman–Crippen MR) is 74.8 cm³/mol. The van der Waals surface area contributed by atoms with Crippen LogP contribution in [-0.2, 0) is 21.4 Å². The van der Waals surface area contributed by atoms with Crippen molar-refractivity contribution in [3.8, 4) is 0 Å². The molecule has 0 unspecified atom stereocenters. The fourth-order valence-corrected chi connectivity index (χ4v) is 3.82. The summed E-state index contributed by atoms with van der Waals surface area (Å²) in [6, 6.07) is 6.76. The van der Waals surface area contributed by atoms with Crippen LogP contribution in [0.25, 0.3) is 0 Å². The molecular weight excluding hydrogens is 284 g/mol. The van der Waals surface area contributed by atoms with Crippen LogP contribution in [0.3, 0.4) is 0 Å². The topological polar surface area (TPSA) is 68.3 Å². The third-order valence-electron chi connectivity index (χ3n) is 2.42. The average molecular weight is 298 g/mol. The number of aromatic nitrogens is 1. The molecule has 1 aromatic carbocycles. The number of thiazole rings is 1. The van der Waals surface area contributed by atoms with Crippen molar-refractivity contribution in [2.75, 3.05) is 11.8 Å². The Hall–Kier alpha value is -1.44. The number of aryl methyl sites for hydroxylation is 1. The fraction of sp³-hybridized carbons (Fsp3) is 0.250. The summed E-state index contributed by atoms with van der Waals surface area (Å²) in [5, 5.41) is 1.31. The van der Waals surface area contributed by atoms with Crippen molar-refractivity contribution in [1.82, 2.24) is 4.98 Å². The first kappa shape index (κ1) is 14.0. The van der Waals surface area contributed by atoms with E-state index in [0.717, 1.165) is 5.01 Å². The number of rotatable bonds is 5. The molecule has 0 saturated heterocycles. The number of benzene rings is 1. The van der Waals surface area contributed by atoms with Gasteiger partial charge in [0.15, 0.2) is 0 Å². The van der Waals surface area contributed by atoms with Crippen molar-refractivity contribution in [2.45, 2.75) is 18.4 Å². The van der Waals surface area contributed by atoms with Crippen LogP contribution >= 0.6 is 11.3 Å². The maximum absolute atomic E-state index is 12.3. The molecule has 5 nitrogen and oxygen atoms in total. The van der Waals surface area contributed by atoms with Crippen LogP contribution in [0.4, 0.5) is 5.00 Å². The maximum Gasteiger partial charge on any atom is 0.262 e. The van der Waals surface area contributed by atoms with E-state index in [1.54, 1.807) is 24.3 Å². The Morgan fingerprint density at radius 2 is 2.11 bits per heavy atom. The summed E-state index contributed by atoms with van der Waals surface area (Å²) < 4.78 is 32.2. The predicted octanol–water partition coefficient (Wildman–Crippen LogP) is 2.40. The summed E-state index contributed by atoms with van der Waals surface area (Å²) in [4.78, 5) is 4.25. The van der Waals surface area contributed by atoms with E-state index >= 15 is 0 Å². The van der Waals surface area contributed by atoms with Gasteiger partial charge in [0.25, 0.3) is 10.0 Å². The molecule has 0 amide bonds. The lowest BCUT2D eigenvalue weighted by Crippen LogP contribution is -2.14. The molecule has 0 bridgehead atoms. The summed E-state index contributed by atoms with van der Waals surface area (Å²) >= 11 is 1.30. The first-order chi connectivity index (χ1) is 9.03. The van der Waals surface area contributed by atoms with Crippen molar-refractivity contribution in [1.29, 1.82) is 0 Å². The number of anilines is 1. The van der Waals surface area contributed by atoms with Gasteiger partial charge in [0.1, 0.15) is 5.00 Å². The highest BCUT2D eigenvalue weighted by atomic mass is 32.2. The summed E-state index contributed by atoms with van der Waals surface area (Å²) in [5.41, 5.74) is 0.624. The van der Waals surface area contributed by atoms with Gasteiger partial charge < -0.3 is 4.74 Å². The molecule has 0 radical (unpaired) electrons. The van der Waals surface area contributed by atoms with Gasteiger partial charge in [-0.05, 0) is 18.6 Å². The van der Waals surface area contributed by atoms with Gasteiger partial charge in [-0.2, -0.15) is 0 Å². The van der Waals surface area contributed by atoms with E-state index in [1.165, 1.54) is 24.6 Å². The zero-order valence-electron chi connectivity index (χ0n) is 10.6. The van der Waals surface area contributed by atoms with E-state index in [9.17, 15) is 8.42 Å². The lowest BCUT2D eigenvalue weighted by molar-refractivity contribution is 0.182. The van der Waals surface area contributed by atoms with E-state index in [2.05, 4.69) is 9.71 Å². The molecule has 102 valence electrons. The Bertz CT molecular complexity index is 665. The SMILES string of the molecule is COCc1ccccc1S(=O)(=O)Nc1cnc(C)s1. The van der Waals surface area contributed by atoms with Crippen LogP contribution in [0.15, 0.2) is 35.4 Å². The van der Waals surface area contributed by atoms with Gasteiger partial charge in [0, 0.05) is 7.11 Å². The van der Waals surface area contributed by atoms with Gasteiger partial charge in [0.2, 0.25) is 0 Å². The van der Waals surface area contributed by atoms with E-state index in [-0.39, 0.29) is 11.5 Å². The number of hydrogen-bond donors (Lipinski definition) is 1. The third kappa shape index (κ3) is 3.31. The molecule has 1 N–H and O–H groups in total. The number of methoxy groups -OCH3 is 1. The van der Waals surface area contributed by atoms with Crippen LogP contribution in [0.2, 0.25) is 0 Å². The van der Waals surface area contributed by atoms with Crippen LogP contribution in [-0.4, -0.2) is 20.5 Å². The smallest absolute Gasteiger partial charge is 0.262 e. The fourth-order valence-electron chi connectivity index (χ4n) is 1.64. The molecule has 0 aliphatic heterocycles. The minimum atomic E-state index is -3.61. The van der Waals surface area contributed by atoms with Gasteiger partial charge in [0.05, 0.1) is 22.7 Å². The normalized spacial score (nSPS) is 11.5. The van der Waals surface area contributed by atoms with Crippen LogP contribution < -0.4 is 4.72 Å². The van der Waals surface area contributed by atoms with Crippen molar-refractivity contribution in [3.05, 3.63) is 41.0 Å². The Morgan fingerprint density at radius 1 is 1.37 bits per heavy atom. The number of ether oxygens (including phenoxy) is 1. The molecule has 0 saturated carbocycles. The number of nitrogens with zero attached hydrogens (tertiary/aromatic N) is 1. The van der Waals surface area contributed by atoms with Gasteiger partial charge in [-0.15, -0.1) is 11.3 Å². The lowest BCUT2D eigenvalue weighted by atomic mass is 10.2. The molecule has 7 heteroatoms. The lowest BCUT2D eigenvalue weighted by Gasteiger charge is -2.10. The molecule has 0 atom stereocenters. The maximum atomic E-state index is 12.3. The van der Waals surface area contributed by atoms with E-state index < -0.39 is 10.0 Å². The second-order valence-electron chi connectivity index (χ2n) is 3.89. The number of nitrogens with one attached hydrogen (secondary N) is 1. The van der Waals surface area contributed by atoms with Gasteiger partial charge in [-0.3, -0.25) is 4.72 Å². The number of sulfonamides is 1. The van der Waals surface area contributed by atoms with Crippen molar-refractivity contribution < 1.29 is 13.2 Å². The van der Waals surface area contributed by atoms with Crippen LogP contribution in [0, 0.1) is 6.92 Å². The molecule has 2 rings (SSSR count). The molecule has 1 aromatic heterocycles. The Labute approximate surface area is 116 Å². The highest BCUT2D eigenvalue weighted by Crippen LogP contribution is 2.23. The summed E-state index contributed by atoms with van der Waals surface area (Å²) in [6.07, 6.45) is 1.51. The van der Waals surface area contributed by atoms with Crippen molar-refractivity contribution in [2.24, 2.45) is 0 Å². The minimum Gasteiger partial charge on any atom is -0.380 e. The summed E-state index contributed by atoms with van der Waals surface area (Å²) in [7, 11) is -2.08. The Kier molecular flexibility index (Phi) is 4.18. The van der Waals surface area contributed by atoms with Crippen LogP contribution in [0.1, 0.15) is 10.6 Å². The monoisotopic (exact) mass is 298 g/mol. The van der Waals surface area contributed by atoms with Gasteiger partial charge >= 0.3 is 0 Å². The average Bonchev–Trinajstić information content (AvgIpc) is 2.75. The Balaban J connectivity index is 2.34. The zero-order valence-corrected chi connectivity index (χ0v) is 12.2. The highest BCUT2D eigenvalue weighted by Gasteiger charge is 2.18. The molecule has 1 heterocycles. The molecule has 0 fully saturated rings. The van der Waals surface area contributed by atoms with E-state index in [0.29, 0.717) is 10.6 Å². The second kappa shape index (κ2) is 5.68. The number of hydrogen-bond acceptors (Lipinski definition) is 5. The first-order valence-corrected chi connectivity index (χ1v) is 7.85. The molecule has 0 spiro atoms. The molecule has 0 aliphatic rings. The second-order valence-corrected chi connectivity index (χ2v) is 6.78. The third-order valence-corrected chi connectivity index (χ3v) is 4.84. The minimum absolute atomic E-state index is 0.225. The first-order valence-electron chi connectivity index (χ1n) is 5.55. The summed E-state index contributed by atoms with van der Waals surface area (Å²) in [5.74, 6) is 0. The van der Waals surface area contributed by atoms with Crippen LogP contribution in [0.5, 0.6) is 0 Å². The largest absolute Gasteiger partial charge is 0.380 e. The zero-order chi connectivity index (χ0) is 13.9. The van der Waals surface area contributed by atoms with Gasteiger partial charge in [-0.25, -0.2) is 13.4 Å². The quantitative estimate of drug-likeness (QED) is 0.920. The molecule has 19 heavy (non-hydrogen) atoms. The van der Waals surface area contributed by atoms with Crippen molar-refractivity contribution >= 4 is 26.4 Å². The van der Waals surface area contributed by atoms with E-state index in [1.807, 2.05) is 6.92 Å². The molecule has 2 aromatic rings. The standard InChI is InChI=1S/C12H14N2O3S2/c1-9-13-7-12(18-9)14-19(15,16)11-6-4-3-5-10(11)8-17-2/h3-7,14H,8H2,1-2H3. The van der Waals surface area contributed by atoms with Crippen molar-refractivity contribution in [3.63, 3.8) is 0 Å². The molecular formula is C12H14N2O3S2. The summed E-state index contributed by atoms with van der Waals surface area (Å²) in [6.45, 7) is 2.07. The highest BCUT2D eigenvalue weighted by molar-refractivity contribution is 7.93.